The zero-order chi connectivity index (χ0) is 19.5. The Bertz CT molecular complexity index is 779. The summed E-state index contributed by atoms with van der Waals surface area (Å²) in [5.74, 6) is -0.334. The smallest absolute Gasteiger partial charge is 0.269 e. The number of carbonyl (C=O) groups excluding carboxylic acids is 1. The van der Waals surface area contributed by atoms with Gasteiger partial charge in [-0.3, -0.25) is 14.9 Å². The van der Waals surface area contributed by atoms with Crippen molar-refractivity contribution in [3.05, 3.63) is 88.5 Å². The van der Waals surface area contributed by atoms with Crippen molar-refractivity contribution < 1.29 is 9.72 Å². The van der Waals surface area contributed by atoms with Crippen LogP contribution in [0.2, 0.25) is 0 Å². The summed E-state index contributed by atoms with van der Waals surface area (Å²) in [6, 6.07) is 13.9. The van der Waals surface area contributed by atoms with Crippen LogP contribution in [0, 0.1) is 17.0 Å². The Kier molecular flexibility index (Phi) is 8.46. The Labute approximate surface area is 153 Å². The number of hydrogen-bond donors (Lipinski definition) is 2. The third kappa shape index (κ3) is 7.11. The molecule has 0 bridgehead atoms. The van der Waals surface area contributed by atoms with Crippen LogP contribution in [0.3, 0.4) is 0 Å². The van der Waals surface area contributed by atoms with E-state index in [0.717, 1.165) is 5.57 Å². The van der Waals surface area contributed by atoms with E-state index in [1.165, 1.54) is 35.4 Å². The molecule has 2 rings (SSSR count). The van der Waals surface area contributed by atoms with Crippen molar-refractivity contribution in [1.82, 2.24) is 0 Å². The number of nitrogens with one attached hydrogen (secondary N) is 1. The molecule has 0 unspecified atom stereocenters. The minimum Gasteiger partial charge on any atom is -0.325 e. The van der Waals surface area contributed by atoms with Crippen molar-refractivity contribution in [2.75, 3.05) is 11.9 Å². The highest BCUT2D eigenvalue weighted by atomic mass is 16.6. The number of nitrogens with zero attached hydrogens (tertiary/aromatic N) is 1. The molecule has 2 aromatic rings. The number of benzene rings is 2. The first-order valence-corrected chi connectivity index (χ1v) is 8.00. The van der Waals surface area contributed by atoms with Gasteiger partial charge in [0.25, 0.3) is 5.69 Å². The molecule has 0 fully saturated rings. The number of rotatable bonds is 5. The summed E-state index contributed by atoms with van der Waals surface area (Å²) in [7, 11) is 0. The maximum Gasteiger partial charge on any atom is 0.269 e. The van der Waals surface area contributed by atoms with Gasteiger partial charge in [0.15, 0.2) is 0 Å². The number of allylic oxidation sites excluding steroid dienone is 3. The molecule has 2 aromatic carbocycles. The maximum absolute atomic E-state index is 10.8. The first kappa shape index (κ1) is 20.8. The van der Waals surface area contributed by atoms with Gasteiger partial charge in [0.1, 0.15) is 0 Å². The molecule has 0 heterocycles. The van der Waals surface area contributed by atoms with Crippen LogP contribution in [0.4, 0.5) is 11.4 Å². The van der Waals surface area contributed by atoms with Crippen molar-refractivity contribution >= 4 is 22.9 Å². The molecule has 0 radical (unpaired) electrons. The molecule has 0 saturated heterocycles. The average molecular weight is 353 g/mol. The maximum atomic E-state index is 10.8. The van der Waals surface area contributed by atoms with E-state index in [1.807, 2.05) is 19.1 Å². The van der Waals surface area contributed by atoms with Crippen molar-refractivity contribution in [1.29, 1.82) is 0 Å². The van der Waals surface area contributed by atoms with Crippen LogP contribution < -0.4 is 11.1 Å². The molecule has 0 aromatic heterocycles. The van der Waals surface area contributed by atoms with Gasteiger partial charge in [-0.1, -0.05) is 48.6 Å². The van der Waals surface area contributed by atoms with E-state index in [2.05, 4.69) is 43.1 Å². The van der Waals surface area contributed by atoms with E-state index in [1.54, 1.807) is 0 Å². The van der Waals surface area contributed by atoms with Crippen LogP contribution >= 0.6 is 0 Å². The molecule has 136 valence electrons. The lowest BCUT2D eigenvalue weighted by molar-refractivity contribution is -0.384. The second-order valence-electron chi connectivity index (χ2n) is 5.45. The molecule has 0 aliphatic rings. The number of carbonyl (C=O) groups is 1. The Morgan fingerprint density at radius 3 is 2.23 bits per heavy atom. The second kappa shape index (κ2) is 10.6. The lowest BCUT2D eigenvalue weighted by Gasteiger charge is -2.01. The van der Waals surface area contributed by atoms with E-state index in [-0.39, 0.29) is 18.1 Å². The van der Waals surface area contributed by atoms with Crippen molar-refractivity contribution in [2.45, 2.75) is 13.8 Å². The fourth-order valence-corrected chi connectivity index (χ4v) is 1.94. The molecular weight excluding hydrogens is 330 g/mol. The van der Waals surface area contributed by atoms with Crippen LogP contribution in [0.25, 0.3) is 5.57 Å². The molecule has 6 heteroatoms. The first-order valence-electron chi connectivity index (χ1n) is 8.00. The van der Waals surface area contributed by atoms with Gasteiger partial charge < -0.3 is 11.1 Å². The SMILES string of the molecule is C=C(/C=C\C)c1ccc(C)cc1.NCC(=O)Nc1ccc([N+](=O)[O-])cc1. The van der Waals surface area contributed by atoms with Crippen LogP contribution in [-0.2, 0) is 4.79 Å². The number of aryl methyl sites for hydroxylation is 1. The van der Waals surface area contributed by atoms with Gasteiger partial charge in [0.05, 0.1) is 11.5 Å². The van der Waals surface area contributed by atoms with Crippen LogP contribution in [0.5, 0.6) is 0 Å². The number of non-ortho nitro benzene ring substituents is 1. The number of anilines is 1. The zero-order valence-corrected chi connectivity index (χ0v) is 14.9. The first-order chi connectivity index (χ1) is 12.4. The van der Waals surface area contributed by atoms with E-state index in [4.69, 9.17) is 5.73 Å². The summed E-state index contributed by atoms with van der Waals surface area (Å²) in [6.45, 7) is 7.93. The molecule has 0 aliphatic carbocycles. The van der Waals surface area contributed by atoms with E-state index in [9.17, 15) is 14.9 Å². The highest BCUT2D eigenvalue weighted by Gasteiger charge is 2.04. The Morgan fingerprint density at radius 1 is 1.19 bits per heavy atom. The molecule has 0 spiro atoms. The summed E-state index contributed by atoms with van der Waals surface area (Å²) in [6.07, 6.45) is 4.02. The normalized spacial score (nSPS) is 9.96. The summed E-state index contributed by atoms with van der Waals surface area (Å²) in [5, 5.41) is 12.8. The number of amides is 1. The molecule has 26 heavy (non-hydrogen) atoms. The number of nitro groups is 1. The zero-order valence-electron chi connectivity index (χ0n) is 14.9. The monoisotopic (exact) mass is 353 g/mol. The number of hydrogen-bond acceptors (Lipinski definition) is 4. The largest absolute Gasteiger partial charge is 0.325 e. The predicted molar refractivity (Wildman–Crippen MR) is 106 cm³/mol. The molecule has 6 nitrogen and oxygen atoms in total. The molecule has 0 aliphatic heterocycles. The standard InChI is InChI=1S/C12H14.C8H9N3O3/c1-4-5-11(3)12-8-6-10(2)7-9-12;9-5-8(12)10-6-1-3-7(4-2-6)11(13)14/h4-9H,3H2,1-2H3;1-4H,5,9H2,(H,10,12)/b5-4-;. The van der Waals surface area contributed by atoms with Crippen molar-refractivity contribution in [3.63, 3.8) is 0 Å². The Balaban J connectivity index is 0.000000263. The van der Waals surface area contributed by atoms with Gasteiger partial charge in [-0.05, 0) is 37.1 Å². The number of nitro benzene ring substituents is 1. The quantitative estimate of drug-likeness (QED) is 0.481. The Morgan fingerprint density at radius 2 is 1.77 bits per heavy atom. The van der Waals surface area contributed by atoms with Crippen molar-refractivity contribution in [2.24, 2.45) is 5.73 Å². The lowest BCUT2D eigenvalue weighted by atomic mass is 10.1. The molecule has 0 atom stereocenters. The summed E-state index contributed by atoms with van der Waals surface area (Å²) >= 11 is 0. The van der Waals surface area contributed by atoms with Crippen molar-refractivity contribution in [3.8, 4) is 0 Å². The minimum absolute atomic E-state index is 0.0178. The Hall–Kier alpha value is -3.25. The van der Waals surface area contributed by atoms with Gasteiger partial charge in [0, 0.05) is 17.8 Å². The van der Waals surface area contributed by atoms with Gasteiger partial charge in [-0.15, -0.1) is 0 Å². The summed E-state index contributed by atoms with van der Waals surface area (Å²) in [5.41, 5.74) is 9.10. The van der Waals surface area contributed by atoms with Crippen LogP contribution in [-0.4, -0.2) is 17.4 Å². The van der Waals surface area contributed by atoms with E-state index in [0.29, 0.717) is 5.69 Å². The summed E-state index contributed by atoms with van der Waals surface area (Å²) in [4.78, 5) is 20.6. The van der Waals surface area contributed by atoms with Gasteiger partial charge in [-0.25, -0.2) is 0 Å². The highest BCUT2D eigenvalue weighted by Crippen LogP contribution is 2.15. The fraction of sp³-hybridized carbons (Fsp3) is 0.150. The van der Waals surface area contributed by atoms with Gasteiger partial charge in [0.2, 0.25) is 5.91 Å². The number of nitrogens with two attached hydrogens (primary N) is 1. The highest BCUT2D eigenvalue weighted by molar-refractivity contribution is 5.92. The summed E-state index contributed by atoms with van der Waals surface area (Å²) < 4.78 is 0. The predicted octanol–water partition coefficient (Wildman–Crippen LogP) is 4.08. The second-order valence-corrected chi connectivity index (χ2v) is 5.45. The molecule has 3 N–H and O–H groups in total. The van der Waals surface area contributed by atoms with E-state index >= 15 is 0 Å². The topological polar surface area (TPSA) is 98.3 Å². The fourth-order valence-electron chi connectivity index (χ4n) is 1.94. The van der Waals surface area contributed by atoms with Gasteiger partial charge in [-0.2, -0.15) is 0 Å². The molecular formula is C20H23N3O3. The van der Waals surface area contributed by atoms with Crippen LogP contribution in [0.15, 0.2) is 67.3 Å². The average Bonchev–Trinajstić information content (AvgIpc) is 2.63. The third-order valence-electron chi connectivity index (χ3n) is 3.34. The third-order valence-corrected chi connectivity index (χ3v) is 3.34. The van der Waals surface area contributed by atoms with Crippen LogP contribution in [0.1, 0.15) is 18.1 Å². The molecule has 0 saturated carbocycles. The minimum atomic E-state index is -0.505. The lowest BCUT2D eigenvalue weighted by Crippen LogP contribution is -2.21. The van der Waals surface area contributed by atoms with E-state index < -0.39 is 4.92 Å². The molecule has 1 amide bonds. The van der Waals surface area contributed by atoms with Gasteiger partial charge >= 0.3 is 0 Å².